The van der Waals surface area contributed by atoms with E-state index in [1.807, 2.05) is 20.8 Å². The molecule has 3 N–H and O–H groups in total. The molecule has 11 heteroatoms. The minimum atomic E-state index is -0.533. The third-order valence-electron chi connectivity index (χ3n) is 4.73. The van der Waals surface area contributed by atoms with Gasteiger partial charge in [0.1, 0.15) is 5.60 Å². The van der Waals surface area contributed by atoms with Crippen molar-refractivity contribution in [2.24, 2.45) is 0 Å². The van der Waals surface area contributed by atoms with Gasteiger partial charge in [0, 0.05) is 13.1 Å². The number of furan rings is 1. The number of ether oxygens (including phenoxy) is 1. The number of anilines is 2. The van der Waals surface area contributed by atoms with Crippen molar-refractivity contribution < 1.29 is 13.9 Å². The molecule has 1 fully saturated rings. The molecule has 0 aromatic carbocycles. The van der Waals surface area contributed by atoms with E-state index in [1.165, 1.54) is 4.52 Å². The fraction of sp³-hybridized carbons (Fsp3) is 0.526. The molecule has 0 saturated carbocycles. The van der Waals surface area contributed by atoms with Crippen LogP contribution in [-0.2, 0) is 4.74 Å². The number of aromatic nitrogens is 5. The first-order valence-corrected chi connectivity index (χ1v) is 9.98. The molecule has 4 heterocycles. The number of piperidine rings is 1. The van der Waals surface area contributed by atoms with E-state index < -0.39 is 5.60 Å². The van der Waals surface area contributed by atoms with Crippen molar-refractivity contribution in [3.05, 3.63) is 18.4 Å². The molecular formula is C19H26N8O3. The van der Waals surface area contributed by atoms with Gasteiger partial charge in [0.25, 0.3) is 5.78 Å². The van der Waals surface area contributed by atoms with Crippen LogP contribution in [0.25, 0.3) is 17.4 Å². The van der Waals surface area contributed by atoms with Gasteiger partial charge in [-0.3, -0.25) is 0 Å². The molecule has 1 unspecified atom stereocenters. The number of carbonyl (C=O) groups is 1. The summed E-state index contributed by atoms with van der Waals surface area (Å²) in [6.07, 6.45) is 4.12. The Labute approximate surface area is 173 Å². The number of fused-ring (bicyclic) bond motifs is 1. The Kier molecular flexibility index (Phi) is 5.18. The maximum Gasteiger partial charge on any atom is 0.410 e. The van der Waals surface area contributed by atoms with Gasteiger partial charge in [0.15, 0.2) is 5.76 Å². The average Bonchev–Trinajstić information content (AvgIpc) is 3.35. The number of likely N-dealkylation sites (tertiary alicyclic amines) is 1. The first-order chi connectivity index (χ1) is 14.3. The van der Waals surface area contributed by atoms with Crippen LogP contribution in [0.3, 0.4) is 0 Å². The minimum Gasteiger partial charge on any atom is -0.461 e. The summed E-state index contributed by atoms with van der Waals surface area (Å²) >= 11 is 0. The second-order valence-corrected chi connectivity index (χ2v) is 8.23. The predicted octanol–water partition coefficient (Wildman–Crippen LogP) is 2.56. The maximum absolute atomic E-state index is 12.6. The van der Waals surface area contributed by atoms with Crippen LogP contribution in [0.5, 0.6) is 0 Å². The van der Waals surface area contributed by atoms with Gasteiger partial charge in [0.05, 0.1) is 12.3 Å². The van der Waals surface area contributed by atoms with Crippen LogP contribution >= 0.6 is 0 Å². The lowest BCUT2D eigenvalue weighted by Gasteiger charge is -2.36. The normalized spacial score (nSPS) is 17.3. The first-order valence-electron chi connectivity index (χ1n) is 9.98. The van der Waals surface area contributed by atoms with E-state index in [-0.39, 0.29) is 18.1 Å². The lowest BCUT2D eigenvalue weighted by Crippen LogP contribution is -2.49. The summed E-state index contributed by atoms with van der Waals surface area (Å²) in [5.74, 6) is 1.68. The van der Waals surface area contributed by atoms with E-state index in [4.69, 9.17) is 14.9 Å². The molecular weight excluding hydrogens is 388 g/mol. The minimum absolute atomic E-state index is 0.0220. The lowest BCUT2D eigenvalue weighted by atomic mass is 10.0. The molecule has 30 heavy (non-hydrogen) atoms. The van der Waals surface area contributed by atoms with Gasteiger partial charge in [-0.2, -0.15) is 19.5 Å². The molecule has 1 saturated heterocycles. The van der Waals surface area contributed by atoms with Gasteiger partial charge in [0.2, 0.25) is 17.7 Å². The van der Waals surface area contributed by atoms with Gasteiger partial charge in [-0.05, 0) is 52.2 Å². The van der Waals surface area contributed by atoms with Crippen LogP contribution < -0.4 is 11.1 Å². The Hall–Kier alpha value is -3.37. The number of hydrogen-bond donors (Lipinski definition) is 2. The summed E-state index contributed by atoms with van der Waals surface area (Å²) in [6.45, 7) is 6.74. The number of carbonyl (C=O) groups excluding carboxylic acids is 1. The maximum atomic E-state index is 12.6. The standard InChI is InChI=1S/C19H26N8O3/c1-19(2,3)30-18(28)26-9-5-4-7-12(26)11-21-16-23-15(20)27-17(24-16)22-14(25-27)13-8-6-10-29-13/h6,8,10,12H,4-5,7,9,11H2,1-3H3,(H3,20,21,22,23,24,25). The fourth-order valence-electron chi connectivity index (χ4n) is 3.38. The van der Waals surface area contributed by atoms with Crippen LogP contribution in [0.4, 0.5) is 16.7 Å². The highest BCUT2D eigenvalue weighted by atomic mass is 16.6. The highest BCUT2D eigenvalue weighted by Crippen LogP contribution is 2.21. The van der Waals surface area contributed by atoms with Crippen LogP contribution in [0.1, 0.15) is 40.0 Å². The molecule has 1 atom stereocenters. The summed E-state index contributed by atoms with van der Waals surface area (Å²) in [5, 5.41) is 7.46. The molecule has 1 amide bonds. The fourth-order valence-corrected chi connectivity index (χ4v) is 3.38. The Morgan fingerprint density at radius 2 is 2.17 bits per heavy atom. The number of rotatable bonds is 4. The average molecular weight is 414 g/mol. The smallest absolute Gasteiger partial charge is 0.410 e. The zero-order valence-electron chi connectivity index (χ0n) is 17.3. The summed E-state index contributed by atoms with van der Waals surface area (Å²) in [7, 11) is 0. The molecule has 1 aliphatic heterocycles. The number of nitrogens with zero attached hydrogens (tertiary/aromatic N) is 6. The van der Waals surface area contributed by atoms with Crippen LogP contribution in [0, 0.1) is 0 Å². The van der Waals surface area contributed by atoms with Crippen LogP contribution in [0.2, 0.25) is 0 Å². The quantitative estimate of drug-likeness (QED) is 0.660. The largest absolute Gasteiger partial charge is 0.461 e. The van der Waals surface area contributed by atoms with Gasteiger partial charge in [-0.25, -0.2) is 4.79 Å². The van der Waals surface area contributed by atoms with Gasteiger partial charge >= 0.3 is 6.09 Å². The molecule has 11 nitrogen and oxygen atoms in total. The van der Waals surface area contributed by atoms with Crippen molar-refractivity contribution in [2.75, 3.05) is 24.1 Å². The van der Waals surface area contributed by atoms with Crippen molar-refractivity contribution >= 4 is 23.8 Å². The third kappa shape index (κ3) is 4.29. The lowest BCUT2D eigenvalue weighted by molar-refractivity contribution is 0.0114. The summed E-state index contributed by atoms with van der Waals surface area (Å²) in [6, 6.07) is 3.49. The Balaban J connectivity index is 1.48. The second kappa shape index (κ2) is 7.81. The molecule has 0 radical (unpaired) electrons. The molecule has 4 rings (SSSR count). The van der Waals surface area contributed by atoms with E-state index >= 15 is 0 Å². The van der Waals surface area contributed by atoms with Crippen molar-refractivity contribution in [3.8, 4) is 11.6 Å². The van der Waals surface area contributed by atoms with Crippen molar-refractivity contribution in [1.29, 1.82) is 0 Å². The predicted molar refractivity (Wildman–Crippen MR) is 110 cm³/mol. The van der Waals surface area contributed by atoms with E-state index in [0.29, 0.717) is 36.4 Å². The molecule has 160 valence electrons. The first kappa shape index (κ1) is 19.9. The zero-order chi connectivity index (χ0) is 21.3. The zero-order valence-corrected chi connectivity index (χ0v) is 17.3. The molecule has 0 spiro atoms. The summed E-state index contributed by atoms with van der Waals surface area (Å²) < 4.78 is 12.2. The van der Waals surface area contributed by atoms with Crippen molar-refractivity contribution in [1.82, 2.24) is 29.5 Å². The van der Waals surface area contributed by atoms with Gasteiger partial charge in [-0.15, -0.1) is 5.10 Å². The summed E-state index contributed by atoms with van der Waals surface area (Å²) in [5.41, 5.74) is 5.50. The van der Waals surface area contributed by atoms with E-state index in [9.17, 15) is 4.79 Å². The second-order valence-electron chi connectivity index (χ2n) is 8.23. The molecule has 0 bridgehead atoms. The van der Waals surface area contributed by atoms with Crippen LogP contribution in [-0.4, -0.2) is 60.3 Å². The number of nitrogens with one attached hydrogen (secondary N) is 1. The van der Waals surface area contributed by atoms with Gasteiger partial charge < -0.3 is 25.1 Å². The highest BCUT2D eigenvalue weighted by molar-refractivity contribution is 5.68. The van der Waals surface area contributed by atoms with Crippen LogP contribution in [0.15, 0.2) is 22.8 Å². The summed E-state index contributed by atoms with van der Waals surface area (Å²) in [4.78, 5) is 27.4. The number of nitrogen functional groups attached to an aromatic ring is 1. The Morgan fingerprint density at radius 3 is 2.90 bits per heavy atom. The van der Waals surface area contributed by atoms with E-state index in [0.717, 1.165) is 19.3 Å². The Morgan fingerprint density at radius 1 is 1.33 bits per heavy atom. The van der Waals surface area contributed by atoms with Gasteiger partial charge in [-0.1, -0.05) is 0 Å². The highest BCUT2D eigenvalue weighted by Gasteiger charge is 2.30. The Bertz CT molecular complexity index is 1020. The third-order valence-corrected chi connectivity index (χ3v) is 4.73. The molecule has 0 aliphatic carbocycles. The molecule has 1 aliphatic rings. The number of hydrogen-bond acceptors (Lipinski definition) is 9. The van der Waals surface area contributed by atoms with E-state index in [1.54, 1.807) is 23.3 Å². The monoisotopic (exact) mass is 414 g/mol. The molecule has 3 aromatic heterocycles. The SMILES string of the molecule is CC(C)(C)OC(=O)N1CCCCC1CNc1nc(N)n2nc(-c3ccco3)nc2n1. The topological polar surface area (TPSA) is 137 Å². The molecule has 3 aromatic rings. The van der Waals surface area contributed by atoms with Crippen molar-refractivity contribution in [3.63, 3.8) is 0 Å². The number of amides is 1. The number of nitrogens with two attached hydrogens (primary N) is 1. The van der Waals surface area contributed by atoms with E-state index in [2.05, 4.69) is 25.4 Å². The van der Waals surface area contributed by atoms with Crippen molar-refractivity contribution in [2.45, 2.75) is 51.7 Å².